The summed E-state index contributed by atoms with van der Waals surface area (Å²) in [4.78, 5) is 3.93. The Balaban J connectivity index is 1.86. The van der Waals surface area contributed by atoms with E-state index < -0.39 is 0 Å². The van der Waals surface area contributed by atoms with Crippen LogP contribution in [0.4, 0.5) is 4.39 Å². The molecule has 0 radical (unpaired) electrons. The fourth-order valence-electron chi connectivity index (χ4n) is 1.72. The van der Waals surface area contributed by atoms with Crippen molar-refractivity contribution in [2.75, 3.05) is 13.2 Å². The number of nitrogens with zero attached hydrogens (tertiary/aromatic N) is 2. The average Bonchev–Trinajstić information content (AvgIpc) is 2.92. The van der Waals surface area contributed by atoms with Crippen LogP contribution < -0.4 is 10.1 Å². The summed E-state index contributed by atoms with van der Waals surface area (Å²) in [6.45, 7) is 4.62. The molecule has 2 rings (SSSR count). The first kappa shape index (κ1) is 13.5. The molecule has 5 heteroatoms. The minimum absolute atomic E-state index is 0.292. The van der Waals surface area contributed by atoms with Gasteiger partial charge in [0.2, 0.25) is 0 Å². The Hall–Kier alpha value is -1.88. The summed E-state index contributed by atoms with van der Waals surface area (Å²) in [6, 6.07) is 5.06. The Labute approximate surface area is 112 Å². The molecule has 0 saturated heterocycles. The molecule has 0 unspecified atom stereocenters. The van der Waals surface area contributed by atoms with Crippen molar-refractivity contribution in [2.24, 2.45) is 0 Å². The molecule has 0 amide bonds. The highest BCUT2D eigenvalue weighted by molar-refractivity contribution is 5.29. The minimum atomic E-state index is -0.318. The highest BCUT2D eigenvalue weighted by Crippen LogP contribution is 2.18. The lowest BCUT2D eigenvalue weighted by Crippen LogP contribution is -2.12. The molecule has 0 aliphatic carbocycles. The van der Waals surface area contributed by atoms with Gasteiger partial charge >= 0.3 is 0 Å². The molecule has 0 fully saturated rings. The molecule has 0 saturated carbocycles. The van der Waals surface area contributed by atoms with Crippen LogP contribution in [0.3, 0.4) is 0 Å². The molecule has 1 aromatic heterocycles. The first-order chi connectivity index (χ1) is 9.29. The van der Waals surface area contributed by atoms with E-state index in [0.29, 0.717) is 25.4 Å². The van der Waals surface area contributed by atoms with E-state index >= 15 is 0 Å². The van der Waals surface area contributed by atoms with E-state index in [4.69, 9.17) is 4.74 Å². The minimum Gasteiger partial charge on any atom is -0.489 e. The van der Waals surface area contributed by atoms with Crippen molar-refractivity contribution in [2.45, 2.75) is 20.0 Å². The fraction of sp³-hybridized carbons (Fsp3) is 0.357. The molecule has 4 nitrogen and oxygen atoms in total. The van der Waals surface area contributed by atoms with Crippen molar-refractivity contribution >= 4 is 0 Å². The molecule has 1 N–H and O–H groups in total. The lowest BCUT2D eigenvalue weighted by Gasteiger charge is -2.09. The van der Waals surface area contributed by atoms with Gasteiger partial charge in [-0.1, -0.05) is 13.0 Å². The maximum Gasteiger partial charge on any atom is 0.165 e. The number of halogens is 1. The van der Waals surface area contributed by atoms with Gasteiger partial charge in [0.05, 0.1) is 12.9 Å². The molecule has 0 spiro atoms. The molecule has 1 heterocycles. The number of aromatic nitrogens is 2. The summed E-state index contributed by atoms with van der Waals surface area (Å²) in [5, 5.41) is 3.16. The van der Waals surface area contributed by atoms with E-state index in [-0.39, 0.29) is 5.82 Å². The molecule has 0 bridgehead atoms. The Bertz CT molecular complexity index is 499. The zero-order chi connectivity index (χ0) is 13.5. The fourth-order valence-corrected chi connectivity index (χ4v) is 1.72. The Morgan fingerprint density at radius 3 is 3.00 bits per heavy atom. The van der Waals surface area contributed by atoms with Gasteiger partial charge in [-0.3, -0.25) is 0 Å². The molecule has 2 aromatic rings. The third-order valence-electron chi connectivity index (χ3n) is 2.74. The first-order valence-corrected chi connectivity index (χ1v) is 6.37. The first-order valence-electron chi connectivity index (χ1n) is 6.37. The summed E-state index contributed by atoms with van der Waals surface area (Å²) in [6.07, 6.45) is 5.26. The van der Waals surface area contributed by atoms with Gasteiger partial charge in [0, 0.05) is 18.9 Å². The van der Waals surface area contributed by atoms with E-state index in [1.807, 2.05) is 23.8 Å². The number of rotatable bonds is 7. The van der Waals surface area contributed by atoms with E-state index in [0.717, 1.165) is 12.1 Å². The molecule has 0 aliphatic rings. The topological polar surface area (TPSA) is 39.1 Å². The van der Waals surface area contributed by atoms with Crippen molar-refractivity contribution in [3.63, 3.8) is 0 Å². The van der Waals surface area contributed by atoms with Crippen molar-refractivity contribution in [3.8, 4) is 5.75 Å². The van der Waals surface area contributed by atoms with Crippen molar-refractivity contribution in [1.29, 1.82) is 0 Å². The van der Waals surface area contributed by atoms with Crippen LogP contribution >= 0.6 is 0 Å². The second kappa shape index (κ2) is 6.89. The van der Waals surface area contributed by atoms with Crippen molar-refractivity contribution in [3.05, 3.63) is 48.3 Å². The van der Waals surface area contributed by atoms with Crippen LogP contribution in [0.25, 0.3) is 0 Å². The van der Waals surface area contributed by atoms with E-state index in [2.05, 4.69) is 10.3 Å². The lowest BCUT2D eigenvalue weighted by atomic mass is 10.2. The summed E-state index contributed by atoms with van der Waals surface area (Å²) in [5.74, 6) is -0.0265. The van der Waals surface area contributed by atoms with Crippen LogP contribution in [0.5, 0.6) is 5.75 Å². The van der Waals surface area contributed by atoms with E-state index in [1.165, 1.54) is 6.07 Å². The van der Waals surface area contributed by atoms with Crippen LogP contribution in [0, 0.1) is 5.82 Å². The summed E-state index contributed by atoms with van der Waals surface area (Å²) in [5.41, 5.74) is 0.918. The third-order valence-corrected chi connectivity index (χ3v) is 2.74. The second-order valence-corrected chi connectivity index (χ2v) is 4.19. The number of ether oxygens (including phenoxy) is 1. The molecule has 1 aromatic carbocycles. The Morgan fingerprint density at radius 2 is 2.32 bits per heavy atom. The monoisotopic (exact) mass is 263 g/mol. The molecule has 0 aliphatic heterocycles. The quantitative estimate of drug-likeness (QED) is 0.832. The molecule has 102 valence electrons. The Morgan fingerprint density at radius 1 is 1.42 bits per heavy atom. The largest absolute Gasteiger partial charge is 0.489 e. The number of hydrogen-bond acceptors (Lipinski definition) is 3. The molecular formula is C14H18FN3O. The third kappa shape index (κ3) is 4.06. The second-order valence-electron chi connectivity index (χ2n) is 4.19. The van der Waals surface area contributed by atoms with Gasteiger partial charge in [0.15, 0.2) is 11.6 Å². The number of nitrogens with one attached hydrogen (secondary N) is 1. The summed E-state index contributed by atoms with van der Waals surface area (Å²) in [7, 11) is 0. The maximum atomic E-state index is 13.8. The van der Waals surface area contributed by atoms with Gasteiger partial charge in [0.1, 0.15) is 6.61 Å². The maximum absolute atomic E-state index is 13.8. The lowest BCUT2D eigenvalue weighted by molar-refractivity contribution is 0.284. The molecule has 0 atom stereocenters. The average molecular weight is 263 g/mol. The van der Waals surface area contributed by atoms with Crippen LogP contribution in [0.2, 0.25) is 0 Å². The summed E-state index contributed by atoms with van der Waals surface area (Å²) >= 11 is 0. The van der Waals surface area contributed by atoms with Gasteiger partial charge in [0.25, 0.3) is 0 Å². The van der Waals surface area contributed by atoms with Gasteiger partial charge in [-0.15, -0.1) is 0 Å². The zero-order valence-corrected chi connectivity index (χ0v) is 11.0. The Kier molecular flexibility index (Phi) is 4.92. The van der Waals surface area contributed by atoms with Gasteiger partial charge in [-0.05, 0) is 24.2 Å². The zero-order valence-electron chi connectivity index (χ0n) is 11.0. The number of imidazole rings is 1. The van der Waals surface area contributed by atoms with Gasteiger partial charge in [-0.2, -0.15) is 0 Å². The highest BCUT2D eigenvalue weighted by Gasteiger charge is 2.04. The predicted molar refractivity (Wildman–Crippen MR) is 71.5 cm³/mol. The van der Waals surface area contributed by atoms with Gasteiger partial charge < -0.3 is 14.6 Å². The van der Waals surface area contributed by atoms with Crippen LogP contribution in [0.1, 0.15) is 12.5 Å². The smallest absolute Gasteiger partial charge is 0.165 e. The van der Waals surface area contributed by atoms with Gasteiger partial charge in [-0.25, -0.2) is 9.37 Å². The highest BCUT2D eigenvalue weighted by atomic mass is 19.1. The van der Waals surface area contributed by atoms with Crippen LogP contribution in [0.15, 0.2) is 36.9 Å². The van der Waals surface area contributed by atoms with E-state index in [1.54, 1.807) is 18.6 Å². The van der Waals surface area contributed by atoms with Crippen LogP contribution in [-0.4, -0.2) is 22.7 Å². The predicted octanol–water partition coefficient (Wildman–Crippen LogP) is 2.21. The van der Waals surface area contributed by atoms with Crippen LogP contribution in [-0.2, 0) is 13.1 Å². The standard InChI is InChI=1S/C14H18FN3O/c1-2-16-10-12-3-4-14(13(15)9-12)19-8-7-18-6-5-17-11-18/h3-6,9,11,16H,2,7-8,10H2,1H3. The summed E-state index contributed by atoms with van der Waals surface area (Å²) < 4.78 is 21.1. The number of hydrogen-bond donors (Lipinski definition) is 1. The normalized spacial score (nSPS) is 10.6. The SMILES string of the molecule is CCNCc1ccc(OCCn2ccnc2)c(F)c1. The van der Waals surface area contributed by atoms with Crippen molar-refractivity contribution in [1.82, 2.24) is 14.9 Å². The number of benzene rings is 1. The molecule has 19 heavy (non-hydrogen) atoms. The molecular weight excluding hydrogens is 245 g/mol. The van der Waals surface area contributed by atoms with E-state index in [9.17, 15) is 4.39 Å². The van der Waals surface area contributed by atoms with Crippen molar-refractivity contribution < 1.29 is 9.13 Å².